The fourth-order valence-corrected chi connectivity index (χ4v) is 6.35. The summed E-state index contributed by atoms with van der Waals surface area (Å²) in [5.41, 5.74) is 0. The standard InChI is InChI=1S/C48H96O12/c1-3-5-7-9-11-13-14-15-16-17-19-21-23-25-27-50-28-29-51-30-31-52-32-33-53-34-35-54-36-37-55-38-39-56-40-41-57-42-43-58-44-45-59-46-47-60-48(49)26-24-22-20-18-12-10-8-6-4-2/h3-47H2,1-2H3. The van der Waals surface area contributed by atoms with Crippen LogP contribution < -0.4 is 0 Å². The Morgan fingerprint density at radius 1 is 0.233 bits per heavy atom. The number of carbonyl (C=O) groups is 1. The summed E-state index contributed by atoms with van der Waals surface area (Å²) in [6.07, 6.45) is 30.8. The summed E-state index contributed by atoms with van der Waals surface area (Å²) in [4.78, 5) is 11.8. The van der Waals surface area contributed by atoms with Crippen LogP contribution in [0.1, 0.15) is 168 Å². The largest absolute Gasteiger partial charge is 0.463 e. The second-order valence-corrected chi connectivity index (χ2v) is 15.5. The summed E-state index contributed by atoms with van der Waals surface area (Å²) >= 11 is 0. The van der Waals surface area contributed by atoms with E-state index in [9.17, 15) is 4.79 Å². The predicted molar refractivity (Wildman–Crippen MR) is 241 cm³/mol. The van der Waals surface area contributed by atoms with Gasteiger partial charge in [0.05, 0.1) is 126 Å². The first-order valence-electron chi connectivity index (χ1n) is 24.7. The van der Waals surface area contributed by atoms with Crippen LogP contribution in [-0.2, 0) is 56.9 Å². The summed E-state index contributed by atoms with van der Waals surface area (Å²) in [6.45, 7) is 15.5. The molecule has 0 heterocycles. The quantitative estimate of drug-likeness (QED) is 0.0428. The first-order chi connectivity index (χ1) is 29.8. The number of unbranched alkanes of at least 4 members (excludes halogenated alkanes) is 21. The van der Waals surface area contributed by atoms with Gasteiger partial charge < -0.3 is 52.1 Å². The molecule has 0 aromatic carbocycles. The number of esters is 1. The van der Waals surface area contributed by atoms with Gasteiger partial charge >= 0.3 is 5.97 Å². The highest BCUT2D eigenvalue weighted by Gasteiger charge is 2.03. The lowest BCUT2D eigenvalue weighted by Crippen LogP contribution is -2.15. The summed E-state index contributed by atoms with van der Waals surface area (Å²) in [6, 6.07) is 0. The number of rotatable bonds is 55. The molecule has 0 rings (SSSR count). The molecule has 0 aliphatic rings. The molecule has 0 radical (unpaired) electrons. The Balaban J connectivity index is 3.10. The van der Waals surface area contributed by atoms with Crippen molar-refractivity contribution < 1.29 is 56.9 Å². The monoisotopic (exact) mass is 865 g/mol. The van der Waals surface area contributed by atoms with Gasteiger partial charge in [-0.1, -0.05) is 149 Å². The van der Waals surface area contributed by atoms with E-state index in [1.807, 2.05) is 0 Å². The van der Waals surface area contributed by atoms with Crippen LogP contribution >= 0.6 is 0 Å². The second-order valence-electron chi connectivity index (χ2n) is 15.5. The first-order valence-corrected chi connectivity index (χ1v) is 24.7. The Hall–Kier alpha value is -0.930. The molecule has 360 valence electrons. The third kappa shape index (κ3) is 55.1. The Bertz CT molecular complexity index is 778. The van der Waals surface area contributed by atoms with E-state index in [0.717, 1.165) is 25.9 Å². The highest BCUT2D eigenvalue weighted by atomic mass is 16.6. The Morgan fingerprint density at radius 3 is 0.700 bits per heavy atom. The number of carbonyl (C=O) groups excluding carboxylic acids is 1. The van der Waals surface area contributed by atoms with Crippen LogP contribution in [0.25, 0.3) is 0 Å². The molecule has 0 atom stereocenters. The van der Waals surface area contributed by atoms with Gasteiger partial charge in [0.2, 0.25) is 0 Å². The summed E-state index contributed by atoms with van der Waals surface area (Å²) in [7, 11) is 0. The van der Waals surface area contributed by atoms with Crippen LogP contribution in [0.4, 0.5) is 0 Å². The van der Waals surface area contributed by atoms with Crippen LogP contribution in [0.2, 0.25) is 0 Å². The molecule has 60 heavy (non-hydrogen) atoms. The summed E-state index contributed by atoms with van der Waals surface area (Å²) < 4.78 is 60.6. The maximum Gasteiger partial charge on any atom is 0.305 e. The third-order valence-corrected chi connectivity index (χ3v) is 9.97. The zero-order valence-corrected chi connectivity index (χ0v) is 39.2. The van der Waals surface area contributed by atoms with Crippen molar-refractivity contribution in [2.45, 2.75) is 168 Å². The van der Waals surface area contributed by atoms with E-state index in [2.05, 4.69) is 13.8 Å². The van der Waals surface area contributed by atoms with Crippen molar-refractivity contribution in [2.24, 2.45) is 0 Å². The normalized spacial score (nSPS) is 11.6. The molecular weight excluding hydrogens is 769 g/mol. The fraction of sp³-hybridized carbons (Fsp3) is 0.979. The van der Waals surface area contributed by atoms with Crippen molar-refractivity contribution >= 4 is 5.97 Å². The van der Waals surface area contributed by atoms with Crippen LogP contribution in [-0.4, -0.2) is 145 Å². The van der Waals surface area contributed by atoms with Crippen molar-refractivity contribution in [2.75, 3.05) is 139 Å². The van der Waals surface area contributed by atoms with Gasteiger partial charge in [-0.15, -0.1) is 0 Å². The highest BCUT2D eigenvalue weighted by Crippen LogP contribution is 2.13. The van der Waals surface area contributed by atoms with Crippen LogP contribution in [0.5, 0.6) is 0 Å². The van der Waals surface area contributed by atoms with Crippen molar-refractivity contribution in [3.63, 3.8) is 0 Å². The minimum atomic E-state index is -0.133. The predicted octanol–water partition coefficient (Wildman–Crippen LogP) is 10.1. The van der Waals surface area contributed by atoms with Gasteiger partial charge in [0.1, 0.15) is 6.61 Å². The smallest absolute Gasteiger partial charge is 0.305 e. The number of hydrogen-bond donors (Lipinski definition) is 0. The molecule has 0 saturated carbocycles. The molecule has 0 spiro atoms. The third-order valence-electron chi connectivity index (χ3n) is 9.97. The lowest BCUT2D eigenvalue weighted by Gasteiger charge is -2.09. The topological polar surface area (TPSA) is 119 Å². The van der Waals surface area contributed by atoms with Gasteiger partial charge in [-0.3, -0.25) is 4.79 Å². The van der Waals surface area contributed by atoms with Crippen LogP contribution in [0.3, 0.4) is 0 Å². The molecule has 0 N–H and O–H groups in total. The second kappa shape index (κ2) is 56.1. The summed E-state index contributed by atoms with van der Waals surface area (Å²) in [5.74, 6) is -0.133. The maximum absolute atomic E-state index is 11.8. The van der Waals surface area contributed by atoms with Crippen molar-refractivity contribution in [1.29, 1.82) is 0 Å². The van der Waals surface area contributed by atoms with Gasteiger partial charge in [-0.25, -0.2) is 0 Å². The van der Waals surface area contributed by atoms with E-state index in [4.69, 9.17) is 52.1 Å². The molecule has 0 bridgehead atoms. The van der Waals surface area contributed by atoms with Gasteiger partial charge in [0, 0.05) is 13.0 Å². The molecule has 0 aromatic rings. The van der Waals surface area contributed by atoms with Crippen molar-refractivity contribution in [1.82, 2.24) is 0 Å². The van der Waals surface area contributed by atoms with E-state index in [1.54, 1.807) is 0 Å². The Morgan fingerprint density at radius 2 is 0.433 bits per heavy atom. The van der Waals surface area contributed by atoms with E-state index in [-0.39, 0.29) is 5.97 Å². The van der Waals surface area contributed by atoms with Crippen LogP contribution in [0.15, 0.2) is 0 Å². The minimum absolute atomic E-state index is 0.133. The Kier molecular flexibility index (Phi) is 55.2. The van der Waals surface area contributed by atoms with Crippen LogP contribution in [0, 0.1) is 0 Å². The zero-order valence-electron chi connectivity index (χ0n) is 39.2. The number of ether oxygens (including phenoxy) is 11. The number of hydrogen-bond acceptors (Lipinski definition) is 12. The molecule has 0 unspecified atom stereocenters. The zero-order chi connectivity index (χ0) is 43.2. The van der Waals surface area contributed by atoms with E-state index in [1.165, 1.54) is 128 Å². The van der Waals surface area contributed by atoms with Gasteiger partial charge in [0.25, 0.3) is 0 Å². The minimum Gasteiger partial charge on any atom is -0.463 e. The lowest BCUT2D eigenvalue weighted by atomic mass is 10.0. The van der Waals surface area contributed by atoms with Gasteiger partial charge in [0.15, 0.2) is 0 Å². The molecule has 0 fully saturated rings. The van der Waals surface area contributed by atoms with E-state index >= 15 is 0 Å². The molecule has 0 amide bonds. The van der Waals surface area contributed by atoms with Gasteiger partial charge in [-0.2, -0.15) is 0 Å². The molecule has 0 aliphatic heterocycles. The average molecular weight is 865 g/mol. The first kappa shape index (κ1) is 59.1. The maximum atomic E-state index is 11.8. The van der Waals surface area contributed by atoms with Crippen molar-refractivity contribution in [3.05, 3.63) is 0 Å². The van der Waals surface area contributed by atoms with Gasteiger partial charge in [-0.05, 0) is 12.8 Å². The summed E-state index contributed by atoms with van der Waals surface area (Å²) in [5, 5.41) is 0. The molecular formula is C48H96O12. The Labute approximate surface area is 368 Å². The lowest BCUT2D eigenvalue weighted by molar-refractivity contribution is -0.145. The van der Waals surface area contributed by atoms with E-state index < -0.39 is 0 Å². The highest BCUT2D eigenvalue weighted by molar-refractivity contribution is 5.69. The molecule has 0 aliphatic carbocycles. The van der Waals surface area contributed by atoms with E-state index in [0.29, 0.717) is 139 Å². The van der Waals surface area contributed by atoms with Crippen molar-refractivity contribution in [3.8, 4) is 0 Å². The molecule has 0 saturated heterocycles. The molecule has 12 nitrogen and oxygen atoms in total. The SMILES string of the molecule is CCCCCCCCCCCCCCCCOCCOCCOCCOCCOCCOCCOCCOCCOCCOCCOC(=O)CCCCCCCCCCC. The molecule has 12 heteroatoms. The fourth-order valence-electron chi connectivity index (χ4n) is 6.35. The average Bonchev–Trinajstić information content (AvgIpc) is 3.25. The molecule has 0 aromatic heterocycles.